The van der Waals surface area contributed by atoms with Crippen molar-refractivity contribution in [3.8, 4) is 0 Å². The average molecular weight is 339 g/mol. The molecule has 0 radical (unpaired) electrons. The minimum Gasteiger partial charge on any atom is -0.378 e. The third kappa shape index (κ3) is 3.28. The maximum absolute atomic E-state index is 12.8. The van der Waals surface area contributed by atoms with Crippen molar-refractivity contribution in [3.05, 3.63) is 52.2 Å². The summed E-state index contributed by atoms with van der Waals surface area (Å²) >= 11 is 0. The molecule has 3 aromatic rings. The van der Waals surface area contributed by atoms with Crippen molar-refractivity contribution in [2.75, 3.05) is 19.0 Å². The number of fused-ring (bicyclic) bond motifs is 1. The molecule has 0 aliphatic rings. The van der Waals surface area contributed by atoms with Crippen LogP contribution in [0.1, 0.15) is 32.0 Å². The first-order chi connectivity index (χ1) is 11.8. The molecule has 0 aliphatic carbocycles. The molecule has 2 aromatic heterocycles. The first kappa shape index (κ1) is 16.8. The molecule has 0 N–H and O–H groups in total. The zero-order valence-corrected chi connectivity index (χ0v) is 15.0. The molecular weight excluding hydrogens is 318 g/mol. The lowest BCUT2D eigenvalue weighted by Gasteiger charge is -2.16. The van der Waals surface area contributed by atoms with Crippen LogP contribution in [0.25, 0.3) is 5.78 Å². The van der Waals surface area contributed by atoms with E-state index in [0.29, 0.717) is 5.69 Å². The molecule has 0 fully saturated rings. The highest BCUT2D eigenvalue weighted by molar-refractivity contribution is 5.80. The van der Waals surface area contributed by atoms with E-state index in [2.05, 4.69) is 20.4 Å². The second-order valence-electron chi connectivity index (χ2n) is 7.02. The lowest BCUT2D eigenvalue weighted by molar-refractivity contribution is 0.529. The van der Waals surface area contributed by atoms with Crippen LogP contribution in [0, 0.1) is 0 Å². The monoisotopic (exact) mass is 339 g/mol. The van der Waals surface area contributed by atoms with Gasteiger partial charge in [-0.1, -0.05) is 32.9 Å². The van der Waals surface area contributed by atoms with Crippen LogP contribution >= 0.6 is 0 Å². The van der Waals surface area contributed by atoms with Crippen molar-refractivity contribution in [3.63, 3.8) is 0 Å². The molecule has 2 heterocycles. The number of rotatable bonds is 3. The molecule has 0 atom stereocenters. The van der Waals surface area contributed by atoms with Gasteiger partial charge < -0.3 is 4.90 Å². The smallest absolute Gasteiger partial charge is 0.298 e. The standard InChI is InChI=1S/C17H21N7O/c1-17(2,3)14-15(25)24(16-20-18-11-23(16)21-14)19-10-12-6-8-13(9-7-12)22(4)5/h6-11H,1-5H3/b19-10-. The minimum atomic E-state index is -0.416. The molecule has 1 aromatic carbocycles. The topological polar surface area (TPSA) is 80.7 Å². The van der Waals surface area contributed by atoms with E-state index in [1.807, 2.05) is 64.0 Å². The van der Waals surface area contributed by atoms with E-state index < -0.39 is 5.41 Å². The van der Waals surface area contributed by atoms with Gasteiger partial charge in [-0.15, -0.1) is 10.2 Å². The Morgan fingerprint density at radius 1 is 1.16 bits per heavy atom. The van der Waals surface area contributed by atoms with E-state index in [9.17, 15) is 4.79 Å². The summed E-state index contributed by atoms with van der Waals surface area (Å²) in [6, 6.07) is 7.86. The molecular formula is C17H21N7O. The predicted octanol–water partition coefficient (Wildman–Crippen LogP) is 1.53. The predicted molar refractivity (Wildman–Crippen MR) is 97.5 cm³/mol. The summed E-state index contributed by atoms with van der Waals surface area (Å²) in [5, 5.41) is 16.4. The van der Waals surface area contributed by atoms with Gasteiger partial charge in [0.2, 0.25) is 0 Å². The normalized spacial score (nSPS) is 12.2. The highest BCUT2D eigenvalue weighted by Crippen LogP contribution is 2.16. The number of benzene rings is 1. The largest absolute Gasteiger partial charge is 0.378 e. The minimum absolute atomic E-state index is 0.277. The highest BCUT2D eigenvalue weighted by Gasteiger charge is 2.23. The van der Waals surface area contributed by atoms with Crippen LogP contribution in [0.15, 0.2) is 40.5 Å². The number of nitrogens with zero attached hydrogens (tertiary/aromatic N) is 7. The van der Waals surface area contributed by atoms with Crippen molar-refractivity contribution in [1.29, 1.82) is 0 Å². The van der Waals surface area contributed by atoms with Crippen molar-refractivity contribution < 1.29 is 0 Å². The summed E-state index contributed by atoms with van der Waals surface area (Å²) in [5.41, 5.74) is 1.66. The van der Waals surface area contributed by atoms with Crippen LogP contribution in [0.5, 0.6) is 0 Å². The average Bonchev–Trinajstić information content (AvgIpc) is 3.01. The summed E-state index contributed by atoms with van der Waals surface area (Å²) in [5.74, 6) is 0.277. The summed E-state index contributed by atoms with van der Waals surface area (Å²) in [6.45, 7) is 5.79. The number of anilines is 1. The van der Waals surface area contributed by atoms with Gasteiger partial charge in [0.25, 0.3) is 11.3 Å². The van der Waals surface area contributed by atoms with E-state index in [1.54, 1.807) is 6.21 Å². The first-order valence-corrected chi connectivity index (χ1v) is 7.92. The maximum atomic E-state index is 12.8. The Balaban J connectivity index is 2.07. The second kappa shape index (κ2) is 6.12. The number of hydrogen-bond acceptors (Lipinski definition) is 6. The lowest BCUT2D eigenvalue weighted by Crippen LogP contribution is -2.33. The number of hydrogen-bond donors (Lipinski definition) is 0. The quantitative estimate of drug-likeness (QED) is 0.676. The van der Waals surface area contributed by atoms with E-state index in [-0.39, 0.29) is 11.3 Å². The molecule has 0 saturated carbocycles. The third-order valence-corrected chi connectivity index (χ3v) is 3.75. The molecule has 0 aliphatic heterocycles. The molecule has 0 saturated heterocycles. The molecule has 0 spiro atoms. The lowest BCUT2D eigenvalue weighted by atomic mass is 9.93. The Hall–Kier alpha value is -3.03. The van der Waals surface area contributed by atoms with Gasteiger partial charge in [-0.3, -0.25) is 4.79 Å². The first-order valence-electron chi connectivity index (χ1n) is 7.92. The fraction of sp³-hybridized carbons (Fsp3) is 0.353. The fourth-order valence-electron chi connectivity index (χ4n) is 2.33. The maximum Gasteiger partial charge on any atom is 0.298 e. The van der Waals surface area contributed by atoms with Crippen LogP contribution in [-0.2, 0) is 5.41 Å². The Morgan fingerprint density at radius 2 is 1.84 bits per heavy atom. The highest BCUT2D eigenvalue weighted by atomic mass is 16.1. The van der Waals surface area contributed by atoms with E-state index in [0.717, 1.165) is 11.3 Å². The molecule has 8 nitrogen and oxygen atoms in total. The molecule has 0 bridgehead atoms. The van der Waals surface area contributed by atoms with E-state index >= 15 is 0 Å². The van der Waals surface area contributed by atoms with Gasteiger partial charge in [0.05, 0.1) is 6.21 Å². The SMILES string of the molecule is CN(C)c1ccc(/C=N\n2c(=O)c(C(C)(C)C)nn3cnnc23)cc1. The summed E-state index contributed by atoms with van der Waals surface area (Å²) in [4.78, 5) is 14.8. The van der Waals surface area contributed by atoms with Crippen LogP contribution < -0.4 is 10.5 Å². The Labute approximate surface area is 145 Å². The van der Waals surface area contributed by atoms with Crippen LogP contribution in [-0.4, -0.2) is 44.8 Å². The van der Waals surface area contributed by atoms with Gasteiger partial charge in [0, 0.05) is 25.2 Å². The van der Waals surface area contributed by atoms with E-state index in [1.165, 1.54) is 15.5 Å². The molecule has 0 amide bonds. The Kier molecular flexibility index (Phi) is 4.12. The zero-order chi connectivity index (χ0) is 18.2. The van der Waals surface area contributed by atoms with E-state index in [4.69, 9.17) is 0 Å². The van der Waals surface area contributed by atoms with Crippen molar-refractivity contribution in [2.24, 2.45) is 5.10 Å². The molecule has 3 rings (SSSR count). The van der Waals surface area contributed by atoms with Gasteiger partial charge >= 0.3 is 0 Å². The molecule has 8 heteroatoms. The summed E-state index contributed by atoms with van der Waals surface area (Å²) in [7, 11) is 3.96. The van der Waals surface area contributed by atoms with Gasteiger partial charge in [-0.05, 0) is 17.7 Å². The molecule has 0 unspecified atom stereocenters. The van der Waals surface area contributed by atoms with Crippen molar-refractivity contribution in [2.45, 2.75) is 26.2 Å². The summed E-state index contributed by atoms with van der Waals surface area (Å²) < 4.78 is 2.70. The van der Waals surface area contributed by atoms with Gasteiger partial charge in [-0.25, -0.2) is 0 Å². The zero-order valence-electron chi connectivity index (χ0n) is 15.0. The second-order valence-corrected chi connectivity index (χ2v) is 7.02. The van der Waals surface area contributed by atoms with Crippen LogP contribution in [0.3, 0.4) is 0 Å². The third-order valence-electron chi connectivity index (χ3n) is 3.75. The van der Waals surface area contributed by atoms with Gasteiger partial charge in [0.1, 0.15) is 12.0 Å². The Bertz CT molecular complexity index is 975. The van der Waals surface area contributed by atoms with Crippen LogP contribution in [0.4, 0.5) is 5.69 Å². The molecule has 25 heavy (non-hydrogen) atoms. The van der Waals surface area contributed by atoms with Crippen molar-refractivity contribution >= 4 is 17.7 Å². The fourth-order valence-corrected chi connectivity index (χ4v) is 2.33. The number of aromatic nitrogens is 5. The summed E-state index contributed by atoms with van der Waals surface area (Å²) in [6.07, 6.45) is 3.09. The molecule has 130 valence electrons. The van der Waals surface area contributed by atoms with Crippen molar-refractivity contribution in [1.82, 2.24) is 24.5 Å². The van der Waals surface area contributed by atoms with Crippen LogP contribution in [0.2, 0.25) is 0 Å². The Morgan fingerprint density at radius 3 is 2.44 bits per heavy atom. The van der Waals surface area contributed by atoms with Gasteiger partial charge in [-0.2, -0.15) is 19.4 Å². The van der Waals surface area contributed by atoms with Gasteiger partial charge in [0.15, 0.2) is 0 Å².